The Morgan fingerprint density at radius 3 is 2.83 bits per heavy atom. The number of hydrogen-bond donors (Lipinski definition) is 1. The van der Waals surface area contributed by atoms with E-state index in [1.807, 2.05) is 54.6 Å². The van der Waals surface area contributed by atoms with Crippen molar-refractivity contribution in [2.24, 2.45) is 5.92 Å². The fourth-order valence-corrected chi connectivity index (χ4v) is 2.30. The zero-order valence-electron chi connectivity index (χ0n) is 10.0. The summed E-state index contributed by atoms with van der Waals surface area (Å²) in [6, 6.07) is 11.9. The summed E-state index contributed by atoms with van der Waals surface area (Å²) >= 11 is 0. The van der Waals surface area contributed by atoms with Crippen molar-refractivity contribution in [1.29, 1.82) is 0 Å². The van der Waals surface area contributed by atoms with Gasteiger partial charge in [-0.25, -0.2) is 0 Å². The van der Waals surface area contributed by atoms with E-state index in [1.54, 1.807) is 0 Å². The van der Waals surface area contributed by atoms with Gasteiger partial charge in [0, 0.05) is 11.3 Å². The number of para-hydroxylation sites is 1. The van der Waals surface area contributed by atoms with Crippen LogP contribution in [-0.4, -0.2) is 10.1 Å². The molecule has 0 saturated heterocycles. The number of benzene rings is 1. The van der Waals surface area contributed by atoms with Crippen molar-refractivity contribution in [1.82, 2.24) is 4.98 Å². The average molecular weight is 237 g/mol. The second-order valence-corrected chi connectivity index (χ2v) is 4.59. The van der Waals surface area contributed by atoms with Gasteiger partial charge in [-0.1, -0.05) is 48.6 Å². The van der Waals surface area contributed by atoms with Crippen LogP contribution in [0.15, 0.2) is 60.7 Å². The Balaban J connectivity index is 1.93. The lowest BCUT2D eigenvalue weighted by Gasteiger charge is -2.19. The highest BCUT2D eigenvalue weighted by Gasteiger charge is 2.19. The summed E-state index contributed by atoms with van der Waals surface area (Å²) in [5.41, 5.74) is 1.68. The number of pyridine rings is 1. The number of aliphatic hydroxyl groups excluding tert-OH is 1. The first-order valence-corrected chi connectivity index (χ1v) is 6.22. The Morgan fingerprint density at radius 2 is 2.00 bits per heavy atom. The molecule has 2 nitrogen and oxygen atoms in total. The van der Waals surface area contributed by atoms with Crippen molar-refractivity contribution < 1.29 is 5.11 Å². The van der Waals surface area contributed by atoms with E-state index < -0.39 is 6.10 Å². The van der Waals surface area contributed by atoms with Crippen LogP contribution in [0.1, 0.15) is 18.2 Å². The first-order valence-electron chi connectivity index (χ1n) is 6.22. The van der Waals surface area contributed by atoms with Gasteiger partial charge < -0.3 is 5.11 Å². The Morgan fingerprint density at radius 1 is 1.11 bits per heavy atom. The minimum atomic E-state index is -0.532. The van der Waals surface area contributed by atoms with E-state index >= 15 is 0 Å². The van der Waals surface area contributed by atoms with Gasteiger partial charge in [-0.2, -0.15) is 0 Å². The van der Waals surface area contributed by atoms with Crippen molar-refractivity contribution in [2.75, 3.05) is 0 Å². The number of allylic oxidation sites excluding steroid dienone is 3. The van der Waals surface area contributed by atoms with Crippen LogP contribution in [0, 0.1) is 5.92 Å². The second kappa shape index (κ2) is 4.75. The summed E-state index contributed by atoms with van der Waals surface area (Å²) < 4.78 is 0. The SMILES string of the molecule is OC(c1ccc2ccccc2n1)C1C=CC=CC1. The van der Waals surface area contributed by atoms with E-state index in [9.17, 15) is 5.11 Å². The molecule has 0 radical (unpaired) electrons. The molecule has 2 atom stereocenters. The summed E-state index contributed by atoms with van der Waals surface area (Å²) in [4.78, 5) is 4.54. The maximum atomic E-state index is 10.4. The lowest BCUT2D eigenvalue weighted by molar-refractivity contribution is 0.128. The molecule has 0 amide bonds. The molecule has 1 N–H and O–H groups in total. The average Bonchev–Trinajstić information content (AvgIpc) is 2.47. The highest BCUT2D eigenvalue weighted by atomic mass is 16.3. The lowest BCUT2D eigenvalue weighted by atomic mass is 9.92. The van der Waals surface area contributed by atoms with Crippen LogP contribution in [-0.2, 0) is 0 Å². The molecule has 1 aliphatic carbocycles. The molecule has 3 rings (SSSR count). The summed E-state index contributed by atoms with van der Waals surface area (Å²) in [5.74, 6) is 0.128. The number of hydrogen-bond acceptors (Lipinski definition) is 2. The number of fused-ring (bicyclic) bond motifs is 1. The fraction of sp³-hybridized carbons (Fsp3) is 0.188. The van der Waals surface area contributed by atoms with Crippen molar-refractivity contribution >= 4 is 10.9 Å². The Kier molecular flexibility index (Phi) is 2.95. The zero-order valence-corrected chi connectivity index (χ0v) is 10.0. The van der Waals surface area contributed by atoms with E-state index in [2.05, 4.69) is 11.1 Å². The van der Waals surface area contributed by atoms with Gasteiger partial charge in [-0.3, -0.25) is 4.98 Å². The van der Waals surface area contributed by atoms with Gasteiger partial charge in [-0.05, 0) is 18.6 Å². The van der Waals surface area contributed by atoms with E-state index in [4.69, 9.17) is 0 Å². The monoisotopic (exact) mass is 237 g/mol. The van der Waals surface area contributed by atoms with Crippen molar-refractivity contribution in [3.8, 4) is 0 Å². The van der Waals surface area contributed by atoms with Crippen LogP contribution in [0.2, 0.25) is 0 Å². The third-order valence-corrected chi connectivity index (χ3v) is 3.34. The molecular weight excluding hydrogens is 222 g/mol. The molecule has 1 aliphatic rings. The fourth-order valence-electron chi connectivity index (χ4n) is 2.30. The van der Waals surface area contributed by atoms with Crippen LogP contribution in [0.5, 0.6) is 0 Å². The Labute approximate surface area is 106 Å². The van der Waals surface area contributed by atoms with E-state index in [0.29, 0.717) is 0 Å². The van der Waals surface area contributed by atoms with E-state index in [0.717, 1.165) is 23.0 Å². The van der Waals surface area contributed by atoms with Gasteiger partial charge in [0.1, 0.15) is 6.10 Å². The van der Waals surface area contributed by atoms with Gasteiger partial charge in [-0.15, -0.1) is 0 Å². The second-order valence-electron chi connectivity index (χ2n) is 4.59. The molecule has 0 saturated carbocycles. The third-order valence-electron chi connectivity index (χ3n) is 3.34. The van der Waals surface area contributed by atoms with Gasteiger partial charge in [0.05, 0.1) is 11.2 Å². The Hall–Kier alpha value is -1.93. The summed E-state index contributed by atoms with van der Waals surface area (Å²) in [7, 11) is 0. The molecule has 90 valence electrons. The highest BCUT2D eigenvalue weighted by Crippen LogP contribution is 2.28. The normalized spacial score (nSPS) is 20.2. The molecule has 2 unspecified atom stereocenters. The van der Waals surface area contributed by atoms with Crippen LogP contribution < -0.4 is 0 Å². The van der Waals surface area contributed by atoms with Gasteiger partial charge in [0.2, 0.25) is 0 Å². The molecule has 1 heterocycles. The molecule has 0 fully saturated rings. The number of nitrogens with zero attached hydrogens (tertiary/aromatic N) is 1. The molecule has 0 spiro atoms. The molecule has 1 aromatic heterocycles. The topological polar surface area (TPSA) is 33.1 Å². The summed E-state index contributed by atoms with van der Waals surface area (Å²) in [6.45, 7) is 0. The van der Waals surface area contributed by atoms with Gasteiger partial charge in [0.25, 0.3) is 0 Å². The van der Waals surface area contributed by atoms with Crippen molar-refractivity contribution in [3.05, 3.63) is 66.4 Å². The standard InChI is InChI=1S/C16H15NO/c18-16(13-7-2-1-3-8-13)15-11-10-12-6-4-5-9-14(12)17-15/h1-7,9-11,13,16,18H,8H2. The predicted octanol–water partition coefficient (Wildman–Crippen LogP) is 3.40. The summed E-state index contributed by atoms with van der Waals surface area (Å²) in [5, 5.41) is 11.5. The minimum Gasteiger partial charge on any atom is -0.386 e. The minimum absolute atomic E-state index is 0.128. The molecule has 1 aromatic carbocycles. The molecule has 18 heavy (non-hydrogen) atoms. The molecule has 0 aliphatic heterocycles. The summed E-state index contributed by atoms with van der Waals surface area (Å²) in [6.07, 6.45) is 8.45. The van der Waals surface area contributed by atoms with E-state index in [1.165, 1.54) is 0 Å². The van der Waals surface area contributed by atoms with E-state index in [-0.39, 0.29) is 5.92 Å². The number of rotatable bonds is 2. The molecule has 2 heteroatoms. The third kappa shape index (κ3) is 2.07. The maximum Gasteiger partial charge on any atom is 0.102 e. The van der Waals surface area contributed by atoms with Gasteiger partial charge >= 0.3 is 0 Å². The predicted molar refractivity (Wildman–Crippen MR) is 73.1 cm³/mol. The van der Waals surface area contributed by atoms with Crippen molar-refractivity contribution in [3.63, 3.8) is 0 Å². The smallest absolute Gasteiger partial charge is 0.102 e. The quantitative estimate of drug-likeness (QED) is 0.868. The van der Waals surface area contributed by atoms with Crippen LogP contribution in [0.3, 0.4) is 0 Å². The van der Waals surface area contributed by atoms with Crippen molar-refractivity contribution in [2.45, 2.75) is 12.5 Å². The van der Waals surface area contributed by atoms with Gasteiger partial charge in [0.15, 0.2) is 0 Å². The first kappa shape index (κ1) is 11.2. The number of aromatic nitrogens is 1. The largest absolute Gasteiger partial charge is 0.386 e. The van der Waals surface area contributed by atoms with Crippen LogP contribution in [0.25, 0.3) is 10.9 Å². The lowest BCUT2D eigenvalue weighted by Crippen LogP contribution is -2.12. The highest BCUT2D eigenvalue weighted by molar-refractivity contribution is 5.78. The zero-order chi connectivity index (χ0) is 12.4. The molecular formula is C16H15NO. The van der Waals surface area contributed by atoms with Crippen LogP contribution in [0.4, 0.5) is 0 Å². The first-order chi connectivity index (χ1) is 8.84. The molecule has 0 bridgehead atoms. The number of aliphatic hydroxyl groups is 1. The Bertz CT molecular complexity index is 615. The van der Waals surface area contributed by atoms with Crippen LogP contribution >= 0.6 is 0 Å². The maximum absolute atomic E-state index is 10.4. The molecule has 2 aromatic rings.